The summed E-state index contributed by atoms with van der Waals surface area (Å²) in [7, 11) is 0. The number of pyridine rings is 1. The van der Waals surface area contributed by atoms with Crippen molar-refractivity contribution >= 4 is 11.6 Å². The summed E-state index contributed by atoms with van der Waals surface area (Å²) in [5.41, 5.74) is 0.710. The maximum Gasteiger partial charge on any atom is 0.285 e. The third-order valence-electron chi connectivity index (χ3n) is 3.72. The van der Waals surface area contributed by atoms with E-state index < -0.39 is 4.92 Å². The monoisotopic (exact) mass is 359 g/mol. The van der Waals surface area contributed by atoms with Crippen molar-refractivity contribution in [2.24, 2.45) is 0 Å². The molecule has 2 rings (SSSR count). The van der Waals surface area contributed by atoms with E-state index in [0.29, 0.717) is 31.7 Å². The van der Waals surface area contributed by atoms with Gasteiger partial charge >= 0.3 is 0 Å². The number of carbonyl (C=O) groups is 1. The van der Waals surface area contributed by atoms with E-state index in [4.69, 9.17) is 4.74 Å². The van der Waals surface area contributed by atoms with Gasteiger partial charge in [-0.05, 0) is 31.9 Å². The molecule has 8 nitrogen and oxygen atoms in total. The van der Waals surface area contributed by atoms with Gasteiger partial charge in [0.1, 0.15) is 5.75 Å². The number of rotatable bonds is 9. The second-order valence-electron chi connectivity index (χ2n) is 5.83. The van der Waals surface area contributed by atoms with E-state index in [2.05, 4.69) is 5.32 Å². The first-order chi connectivity index (χ1) is 12.5. The number of hydrogen-bond donors (Lipinski definition) is 1. The fraction of sp³-hybridized carbons (Fsp3) is 0.333. The van der Waals surface area contributed by atoms with Crippen LogP contribution in [0.4, 0.5) is 5.69 Å². The van der Waals surface area contributed by atoms with E-state index in [0.717, 1.165) is 5.56 Å². The summed E-state index contributed by atoms with van der Waals surface area (Å²) in [6.45, 7) is 2.71. The average Bonchev–Trinajstić information content (AvgIpc) is 2.62. The molecule has 138 valence electrons. The highest BCUT2D eigenvalue weighted by Crippen LogP contribution is 2.11. The molecule has 26 heavy (non-hydrogen) atoms. The Morgan fingerprint density at radius 3 is 2.62 bits per heavy atom. The number of nitrogens with one attached hydrogen (secondary N) is 1. The molecular formula is C18H21N3O5. The van der Waals surface area contributed by atoms with Gasteiger partial charge in [0.25, 0.3) is 17.2 Å². The summed E-state index contributed by atoms with van der Waals surface area (Å²) in [5.74, 6) is 0.411. The van der Waals surface area contributed by atoms with Crippen LogP contribution in [0.3, 0.4) is 0 Å². The van der Waals surface area contributed by atoms with E-state index in [-0.39, 0.29) is 23.8 Å². The zero-order valence-electron chi connectivity index (χ0n) is 14.5. The first-order valence-electron chi connectivity index (χ1n) is 8.27. The van der Waals surface area contributed by atoms with Gasteiger partial charge in [-0.3, -0.25) is 19.7 Å². The number of nitro groups is 1. The van der Waals surface area contributed by atoms with Crippen molar-refractivity contribution in [3.8, 4) is 5.75 Å². The highest BCUT2D eigenvalue weighted by molar-refractivity contribution is 5.77. The summed E-state index contributed by atoms with van der Waals surface area (Å²) in [6, 6.07) is 9.79. The third kappa shape index (κ3) is 6.04. The predicted octanol–water partition coefficient (Wildman–Crippen LogP) is 2.04. The van der Waals surface area contributed by atoms with Gasteiger partial charge in [0.05, 0.1) is 11.1 Å². The minimum Gasteiger partial charge on any atom is -0.484 e. The molecule has 0 fully saturated rings. The van der Waals surface area contributed by atoms with E-state index in [1.54, 1.807) is 12.1 Å². The topological polar surface area (TPSA) is 103 Å². The molecular weight excluding hydrogens is 338 g/mol. The van der Waals surface area contributed by atoms with Gasteiger partial charge in [-0.15, -0.1) is 0 Å². The van der Waals surface area contributed by atoms with Crippen molar-refractivity contribution in [3.05, 3.63) is 68.6 Å². The van der Waals surface area contributed by atoms with Crippen LogP contribution in [0.25, 0.3) is 0 Å². The number of amides is 1. The molecule has 1 N–H and O–H groups in total. The fourth-order valence-electron chi connectivity index (χ4n) is 2.27. The second-order valence-corrected chi connectivity index (χ2v) is 5.83. The maximum atomic E-state index is 11.7. The van der Waals surface area contributed by atoms with Gasteiger partial charge in [0, 0.05) is 25.2 Å². The van der Waals surface area contributed by atoms with Crippen LogP contribution in [0.1, 0.15) is 18.4 Å². The average molecular weight is 359 g/mol. The van der Waals surface area contributed by atoms with Crippen molar-refractivity contribution < 1.29 is 14.5 Å². The molecule has 0 saturated carbocycles. The lowest BCUT2D eigenvalue weighted by atomic mass is 10.2. The number of unbranched alkanes of at least 4 members (excludes halogenated alkanes) is 1. The summed E-state index contributed by atoms with van der Waals surface area (Å²) < 4.78 is 6.69. The van der Waals surface area contributed by atoms with E-state index in [9.17, 15) is 19.7 Å². The summed E-state index contributed by atoms with van der Waals surface area (Å²) >= 11 is 0. The highest BCUT2D eigenvalue weighted by Gasteiger charge is 2.07. The van der Waals surface area contributed by atoms with E-state index >= 15 is 0 Å². The van der Waals surface area contributed by atoms with Crippen LogP contribution in [0.15, 0.2) is 47.4 Å². The maximum absolute atomic E-state index is 11.7. The second kappa shape index (κ2) is 9.36. The smallest absolute Gasteiger partial charge is 0.285 e. The SMILES string of the molecule is Cc1ccc(OCC(=O)NCCCCn2cc([N+](=O)[O-])ccc2=O)cc1. The van der Waals surface area contributed by atoms with Crippen LogP contribution < -0.4 is 15.6 Å². The number of ether oxygens (including phenoxy) is 1. The van der Waals surface area contributed by atoms with Crippen LogP contribution in [0.5, 0.6) is 5.75 Å². The quantitative estimate of drug-likeness (QED) is 0.419. The van der Waals surface area contributed by atoms with E-state index in [1.807, 2.05) is 19.1 Å². The number of nitrogens with zero attached hydrogens (tertiary/aromatic N) is 2. The van der Waals surface area contributed by atoms with E-state index in [1.165, 1.54) is 22.9 Å². The Bertz CT molecular complexity index is 814. The molecule has 1 aromatic carbocycles. The van der Waals surface area contributed by atoms with Crippen molar-refractivity contribution in [2.45, 2.75) is 26.3 Å². The fourth-order valence-corrected chi connectivity index (χ4v) is 2.27. The van der Waals surface area contributed by atoms with Crippen LogP contribution >= 0.6 is 0 Å². The molecule has 0 unspecified atom stereocenters. The lowest BCUT2D eigenvalue weighted by Crippen LogP contribution is -2.30. The van der Waals surface area contributed by atoms with Gasteiger partial charge < -0.3 is 14.6 Å². The molecule has 1 heterocycles. The largest absolute Gasteiger partial charge is 0.484 e. The molecule has 0 bridgehead atoms. The Balaban J connectivity index is 1.66. The van der Waals surface area contributed by atoms with Crippen molar-refractivity contribution in [1.29, 1.82) is 0 Å². The Morgan fingerprint density at radius 1 is 1.19 bits per heavy atom. The molecule has 0 spiro atoms. The standard InChI is InChI=1S/C18H21N3O5/c1-14-4-7-16(8-5-14)26-13-17(22)19-10-2-3-11-20-12-15(21(24)25)6-9-18(20)23/h4-9,12H,2-3,10-11,13H2,1H3,(H,19,22). The molecule has 0 radical (unpaired) electrons. The van der Waals surface area contributed by atoms with Crippen LogP contribution in [-0.4, -0.2) is 28.5 Å². The molecule has 0 atom stereocenters. The Hall–Kier alpha value is -3.16. The number of benzene rings is 1. The van der Waals surface area contributed by atoms with Crippen molar-refractivity contribution in [2.75, 3.05) is 13.2 Å². The molecule has 0 aliphatic carbocycles. The Kier molecular flexibility index (Phi) is 6.90. The molecule has 1 amide bonds. The highest BCUT2D eigenvalue weighted by atomic mass is 16.6. The lowest BCUT2D eigenvalue weighted by molar-refractivity contribution is -0.385. The van der Waals surface area contributed by atoms with Crippen LogP contribution in [-0.2, 0) is 11.3 Å². The minimum atomic E-state index is -0.537. The van der Waals surface area contributed by atoms with Crippen molar-refractivity contribution in [3.63, 3.8) is 0 Å². The Morgan fingerprint density at radius 2 is 1.92 bits per heavy atom. The molecule has 8 heteroatoms. The normalized spacial score (nSPS) is 10.3. The molecule has 0 aliphatic rings. The minimum absolute atomic E-state index is 0.0621. The number of aromatic nitrogens is 1. The summed E-state index contributed by atoms with van der Waals surface area (Å²) in [4.78, 5) is 33.6. The van der Waals surface area contributed by atoms with Crippen molar-refractivity contribution in [1.82, 2.24) is 9.88 Å². The zero-order valence-corrected chi connectivity index (χ0v) is 14.5. The molecule has 0 aliphatic heterocycles. The molecule has 1 aromatic heterocycles. The third-order valence-corrected chi connectivity index (χ3v) is 3.72. The molecule has 0 saturated heterocycles. The van der Waals surface area contributed by atoms with Crippen LogP contribution in [0, 0.1) is 17.0 Å². The first-order valence-corrected chi connectivity index (χ1v) is 8.27. The predicted molar refractivity (Wildman–Crippen MR) is 96.3 cm³/mol. The van der Waals surface area contributed by atoms with Crippen LogP contribution in [0.2, 0.25) is 0 Å². The molecule has 2 aromatic rings. The Labute approximate surface area is 150 Å². The van der Waals surface area contributed by atoms with Gasteiger partial charge in [-0.2, -0.15) is 0 Å². The van der Waals surface area contributed by atoms with Gasteiger partial charge in [0.15, 0.2) is 6.61 Å². The number of carbonyl (C=O) groups excluding carboxylic acids is 1. The summed E-state index contributed by atoms with van der Waals surface area (Å²) in [6.07, 6.45) is 2.49. The number of hydrogen-bond acceptors (Lipinski definition) is 5. The number of aryl methyl sites for hydroxylation is 2. The van der Waals surface area contributed by atoms with Gasteiger partial charge in [0.2, 0.25) is 0 Å². The summed E-state index contributed by atoms with van der Waals surface area (Å²) in [5, 5.41) is 13.5. The zero-order chi connectivity index (χ0) is 18.9. The van der Waals surface area contributed by atoms with Gasteiger partial charge in [-0.25, -0.2) is 0 Å². The lowest BCUT2D eigenvalue weighted by Gasteiger charge is -2.08. The van der Waals surface area contributed by atoms with Gasteiger partial charge in [-0.1, -0.05) is 17.7 Å². The first kappa shape index (κ1) is 19.2.